The molecule has 1 aromatic carbocycles. The highest BCUT2D eigenvalue weighted by molar-refractivity contribution is 6.00. The zero-order valence-corrected chi connectivity index (χ0v) is 9.62. The van der Waals surface area contributed by atoms with Crippen LogP contribution in [0.3, 0.4) is 0 Å². The monoisotopic (exact) mass is 237 g/mol. The minimum Gasteiger partial charge on any atom is -0.381 e. The standard InChI is InChI=1S/C13H16FNO2/c14-11-3-1-10(2-4-11)12(16)13(9-15)5-7-17-8-6-13/h1-4H,5-9,15H2. The van der Waals surface area contributed by atoms with Gasteiger partial charge in [-0.15, -0.1) is 0 Å². The van der Waals surface area contributed by atoms with Crippen molar-refractivity contribution >= 4 is 5.78 Å². The Kier molecular flexibility index (Phi) is 3.54. The number of hydrogen-bond donors (Lipinski definition) is 1. The second-order valence-electron chi connectivity index (χ2n) is 4.43. The average molecular weight is 237 g/mol. The Morgan fingerprint density at radius 3 is 2.41 bits per heavy atom. The second-order valence-corrected chi connectivity index (χ2v) is 4.43. The number of ketones is 1. The number of carbonyl (C=O) groups excluding carboxylic acids is 1. The molecule has 3 nitrogen and oxygen atoms in total. The molecule has 1 saturated heterocycles. The van der Waals surface area contributed by atoms with Crippen molar-refractivity contribution in [2.24, 2.45) is 11.1 Å². The van der Waals surface area contributed by atoms with Gasteiger partial charge in [0.15, 0.2) is 5.78 Å². The van der Waals surface area contributed by atoms with Crippen molar-refractivity contribution in [1.29, 1.82) is 0 Å². The molecule has 1 fully saturated rings. The van der Waals surface area contributed by atoms with Crippen molar-refractivity contribution in [1.82, 2.24) is 0 Å². The first-order chi connectivity index (χ1) is 8.18. The molecule has 0 radical (unpaired) electrons. The fraction of sp³-hybridized carbons (Fsp3) is 0.462. The van der Waals surface area contributed by atoms with Crippen LogP contribution in [0.4, 0.5) is 4.39 Å². The van der Waals surface area contributed by atoms with Gasteiger partial charge in [0.25, 0.3) is 0 Å². The molecule has 2 N–H and O–H groups in total. The van der Waals surface area contributed by atoms with Gasteiger partial charge in [0.2, 0.25) is 0 Å². The van der Waals surface area contributed by atoms with Crippen LogP contribution in [0.1, 0.15) is 23.2 Å². The lowest BCUT2D eigenvalue weighted by Gasteiger charge is -2.34. The van der Waals surface area contributed by atoms with Gasteiger partial charge in [-0.1, -0.05) is 0 Å². The molecule has 2 rings (SSSR count). The van der Waals surface area contributed by atoms with Crippen LogP contribution in [0, 0.1) is 11.2 Å². The number of halogens is 1. The van der Waals surface area contributed by atoms with E-state index in [1.807, 2.05) is 0 Å². The van der Waals surface area contributed by atoms with Gasteiger partial charge < -0.3 is 10.5 Å². The van der Waals surface area contributed by atoms with E-state index >= 15 is 0 Å². The molecule has 4 heteroatoms. The molecule has 1 aromatic rings. The quantitative estimate of drug-likeness (QED) is 0.815. The van der Waals surface area contributed by atoms with Gasteiger partial charge in [-0.25, -0.2) is 4.39 Å². The van der Waals surface area contributed by atoms with Gasteiger partial charge in [-0.3, -0.25) is 4.79 Å². The van der Waals surface area contributed by atoms with Crippen molar-refractivity contribution < 1.29 is 13.9 Å². The third-order valence-electron chi connectivity index (χ3n) is 3.43. The Labute approximate surface area is 99.8 Å². The summed E-state index contributed by atoms with van der Waals surface area (Å²) < 4.78 is 18.1. The molecule has 92 valence electrons. The summed E-state index contributed by atoms with van der Waals surface area (Å²) in [6.45, 7) is 1.43. The van der Waals surface area contributed by atoms with Crippen molar-refractivity contribution in [3.05, 3.63) is 35.6 Å². The maximum Gasteiger partial charge on any atom is 0.170 e. The number of ether oxygens (including phenoxy) is 1. The smallest absolute Gasteiger partial charge is 0.170 e. The first kappa shape index (κ1) is 12.2. The molecule has 0 aliphatic carbocycles. The molecule has 0 bridgehead atoms. The predicted octanol–water partition coefficient (Wildman–Crippen LogP) is 1.76. The Bertz CT molecular complexity index is 396. The first-order valence-corrected chi connectivity index (χ1v) is 5.76. The fourth-order valence-electron chi connectivity index (χ4n) is 2.19. The van der Waals surface area contributed by atoms with Crippen LogP contribution in [0.2, 0.25) is 0 Å². The highest BCUT2D eigenvalue weighted by Gasteiger charge is 2.38. The summed E-state index contributed by atoms with van der Waals surface area (Å²) in [5, 5.41) is 0. The van der Waals surface area contributed by atoms with Gasteiger partial charge in [0, 0.05) is 25.3 Å². The number of benzene rings is 1. The molecule has 0 spiro atoms. The number of carbonyl (C=O) groups is 1. The lowest BCUT2D eigenvalue weighted by molar-refractivity contribution is 0.0200. The molecular formula is C13H16FNO2. The maximum atomic E-state index is 12.8. The van der Waals surface area contributed by atoms with Crippen LogP contribution < -0.4 is 5.73 Å². The molecule has 17 heavy (non-hydrogen) atoms. The molecule has 1 aliphatic rings. The summed E-state index contributed by atoms with van der Waals surface area (Å²) in [6.07, 6.45) is 1.28. The molecule has 0 amide bonds. The number of rotatable bonds is 3. The van der Waals surface area contributed by atoms with Gasteiger partial charge in [-0.2, -0.15) is 0 Å². The largest absolute Gasteiger partial charge is 0.381 e. The molecule has 0 unspecified atom stereocenters. The van der Waals surface area contributed by atoms with Gasteiger partial charge >= 0.3 is 0 Å². The number of hydrogen-bond acceptors (Lipinski definition) is 3. The van der Waals surface area contributed by atoms with E-state index in [1.165, 1.54) is 24.3 Å². The molecule has 0 saturated carbocycles. The highest BCUT2D eigenvalue weighted by Crippen LogP contribution is 2.33. The maximum absolute atomic E-state index is 12.8. The number of Topliss-reactive ketones (excluding diaryl/α,β-unsaturated/α-hetero) is 1. The highest BCUT2D eigenvalue weighted by atomic mass is 19.1. The molecule has 1 aliphatic heterocycles. The van der Waals surface area contributed by atoms with Crippen LogP contribution >= 0.6 is 0 Å². The first-order valence-electron chi connectivity index (χ1n) is 5.76. The SMILES string of the molecule is NCC1(C(=O)c2ccc(F)cc2)CCOCC1. The summed E-state index contributed by atoms with van der Waals surface area (Å²) in [5.41, 5.74) is 5.75. The van der Waals surface area contributed by atoms with Crippen LogP contribution in [0.5, 0.6) is 0 Å². The minimum atomic E-state index is -0.532. The summed E-state index contributed by atoms with van der Waals surface area (Å²) in [7, 11) is 0. The predicted molar refractivity (Wildman–Crippen MR) is 62.3 cm³/mol. The lowest BCUT2D eigenvalue weighted by Crippen LogP contribution is -2.43. The Balaban J connectivity index is 2.25. The van der Waals surface area contributed by atoms with E-state index in [9.17, 15) is 9.18 Å². The zero-order valence-electron chi connectivity index (χ0n) is 9.62. The Hall–Kier alpha value is -1.26. The van der Waals surface area contributed by atoms with Crippen LogP contribution in [-0.4, -0.2) is 25.5 Å². The summed E-state index contributed by atoms with van der Waals surface area (Å²) in [5.74, 6) is -0.335. The molecular weight excluding hydrogens is 221 g/mol. The molecule has 0 aromatic heterocycles. The number of nitrogens with two attached hydrogens (primary N) is 1. The average Bonchev–Trinajstić information content (AvgIpc) is 2.39. The lowest BCUT2D eigenvalue weighted by atomic mass is 9.74. The van der Waals surface area contributed by atoms with E-state index < -0.39 is 5.41 Å². The van der Waals surface area contributed by atoms with E-state index in [2.05, 4.69) is 0 Å². The van der Waals surface area contributed by atoms with E-state index in [0.717, 1.165) is 0 Å². The van der Waals surface area contributed by atoms with E-state index in [1.54, 1.807) is 0 Å². The normalized spacial score (nSPS) is 18.9. The van der Waals surface area contributed by atoms with Gasteiger partial charge in [0.05, 0.1) is 5.41 Å². The van der Waals surface area contributed by atoms with E-state index in [-0.39, 0.29) is 11.6 Å². The van der Waals surface area contributed by atoms with Crippen molar-refractivity contribution in [3.8, 4) is 0 Å². The van der Waals surface area contributed by atoms with Gasteiger partial charge in [0.1, 0.15) is 5.82 Å². The van der Waals surface area contributed by atoms with Crippen molar-refractivity contribution in [3.63, 3.8) is 0 Å². The zero-order chi connectivity index (χ0) is 12.3. The fourth-order valence-corrected chi connectivity index (χ4v) is 2.19. The Morgan fingerprint density at radius 2 is 1.88 bits per heavy atom. The van der Waals surface area contributed by atoms with Crippen molar-refractivity contribution in [2.75, 3.05) is 19.8 Å². The van der Waals surface area contributed by atoms with E-state index in [0.29, 0.717) is 38.2 Å². The summed E-state index contributed by atoms with van der Waals surface area (Å²) >= 11 is 0. The topological polar surface area (TPSA) is 52.3 Å². The molecule has 0 atom stereocenters. The Morgan fingerprint density at radius 1 is 1.29 bits per heavy atom. The summed E-state index contributed by atoms with van der Waals surface area (Å²) in [4.78, 5) is 12.4. The van der Waals surface area contributed by atoms with Crippen LogP contribution in [0.25, 0.3) is 0 Å². The van der Waals surface area contributed by atoms with Crippen molar-refractivity contribution in [2.45, 2.75) is 12.8 Å². The third-order valence-corrected chi connectivity index (χ3v) is 3.43. The van der Waals surface area contributed by atoms with Gasteiger partial charge in [-0.05, 0) is 37.1 Å². The second kappa shape index (κ2) is 4.94. The minimum absolute atomic E-state index is 0.00306. The van der Waals surface area contributed by atoms with E-state index in [4.69, 9.17) is 10.5 Å². The van der Waals surface area contributed by atoms with Crippen LogP contribution in [-0.2, 0) is 4.74 Å². The van der Waals surface area contributed by atoms with Crippen LogP contribution in [0.15, 0.2) is 24.3 Å². The third kappa shape index (κ3) is 2.37. The summed E-state index contributed by atoms with van der Waals surface area (Å²) in [6, 6.07) is 5.64. The molecule has 1 heterocycles.